The summed E-state index contributed by atoms with van der Waals surface area (Å²) >= 11 is 0. The molecule has 5 nitrogen and oxygen atoms in total. The molecule has 16 heavy (non-hydrogen) atoms. The van der Waals surface area contributed by atoms with E-state index >= 15 is 0 Å². The van der Waals surface area contributed by atoms with Gasteiger partial charge in [0.2, 0.25) is 0 Å². The highest BCUT2D eigenvalue weighted by molar-refractivity contribution is 5.95. The first-order valence-electron chi connectivity index (χ1n) is 5.56. The van der Waals surface area contributed by atoms with Crippen molar-refractivity contribution in [3.8, 4) is 0 Å². The second-order valence-corrected chi connectivity index (χ2v) is 3.69. The number of ether oxygens (including phenoxy) is 1. The number of aliphatic hydroxyl groups excluding tert-OH is 2. The average molecular weight is 232 g/mol. The molecule has 0 radical (unpaired) electrons. The van der Waals surface area contributed by atoms with E-state index in [1.165, 1.54) is 0 Å². The Labute approximate surface area is 95.4 Å². The Morgan fingerprint density at radius 2 is 2.00 bits per heavy atom. The number of Topliss-reactive ketones (excluding diaryl/α,β-unsaturated/α-hetero) is 1. The van der Waals surface area contributed by atoms with Gasteiger partial charge in [0.1, 0.15) is 24.9 Å². The molecule has 1 atom stereocenters. The number of unbranched alkanes of at least 4 members (excludes halogenated alkanes) is 2. The smallest absolute Gasteiger partial charge is 0.313 e. The van der Waals surface area contributed by atoms with E-state index in [-0.39, 0.29) is 18.8 Å². The second kappa shape index (κ2) is 9.30. The molecule has 0 saturated carbocycles. The van der Waals surface area contributed by atoms with E-state index in [0.29, 0.717) is 6.42 Å². The van der Waals surface area contributed by atoms with Gasteiger partial charge in [-0.05, 0) is 6.42 Å². The number of esters is 1. The SMILES string of the molecule is CCCCCC(=O)CC(=O)OCC(O)CO. The lowest BCUT2D eigenvalue weighted by Gasteiger charge is -2.07. The molecule has 0 aliphatic carbocycles. The summed E-state index contributed by atoms with van der Waals surface area (Å²) in [7, 11) is 0. The average Bonchev–Trinajstić information content (AvgIpc) is 2.26. The Kier molecular flexibility index (Phi) is 8.75. The zero-order chi connectivity index (χ0) is 12.4. The first kappa shape index (κ1) is 15.1. The van der Waals surface area contributed by atoms with Crippen LogP contribution in [0.15, 0.2) is 0 Å². The first-order valence-corrected chi connectivity index (χ1v) is 5.56. The maximum absolute atomic E-state index is 11.2. The molecule has 0 saturated heterocycles. The minimum Gasteiger partial charge on any atom is -0.463 e. The molecule has 0 aromatic rings. The van der Waals surface area contributed by atoms with Gasteiger partial charge in [-0.2, -0.15) is 0 Å². The summed E-state index contributed by atoms with van der Waals surface area (Å²) in [4.78, 5) is 22.3. The van der Waals surface area contributed by atoms with Crippen molar-refractivity contribution in [3.63, 3.8) is 0 Å². The number of hydrogen-bond donors (Lipinski definition) is 2. The molecule has 0 aliphatic rings. The Morgan fingerprint density at radius 1 is 1.31 bits per heavy atom. The van der Waals surface area contributed by atoms with E-state index < -0.39 is 18.7 Å². The monoisotopic (exact) mass is 232 g/mol. The zero-order valence-corrected chi connectivity index (χ0v) is 9.65. The maximum Gasteiger partial charge on any atom is 0.313 e. The lowest BCUT2D eigenvalue weighted by Crippen LogP contribution is -2.23. The first-order chi connectivity index (χ1) is 7.60. The normalized spacial score (nSPS) is 12.2. The standard InChI is InChI=1S/C11H20O5/c1-2-3-4-5-9(13)6-11(15)16-8-10(14)7-12/h10,12,14H,2-8H2,1H3. The van der Waals surface area contributed by atoms with Crippen LogP contribution in [0.25, 0.3) is 0 Å². The molecule has 94 valence electrons. The van der Waals surface area contributed by atoms with Crippen molar-refractivity contribution in [2.45, 2.75) is 45.1 Å². The summed E-state index contributed by atoms with van der Waals surface area (Å²) in [6.07, 6.45) is 1.87. The number of aliphatic hydroxyl groups is 2. The van der Waals surface area contributed by atoms with E-state index in [1.807, 2.05) is 6.92 Å². The molecule has 0 fully saturated rings. The van der Waals surface area contributed by atoms with Gasteiger partial charge in [0.15, 0.2) is 0 Å². The predicted octanol–water partition coefficient (Wildman–Crippen LogP) is 0.422. The van der Waals surface area contributed by atoms with Gasteiger partial charge >= 0.3 is 5.97 Å². The molecular formula is C11H20O5. The molecule has 0 aliphatic heterocycles. The third-order valence-corrected chi connectivity index (χ3v) is 2.05. The van der Waals surface area contributed by atoms with Crippen molar-refractivity contribution in [2.24, 2.45) is 0 Å². The third-order valence-electron chi connectivity index (χ3n) is 2.05. The molecule has 0 aromatic heterocycles. The van der Waals surface area contributed by atoms with Crippen LogP contribution in [-0.4, -0.2) is 41.3 Å². The lowest BCUT2D eigenvalue weighted by molar-refractivity contribution is -0.149. The lowest BCUT2D eigenvalue weighted by atomic mass is 10.1. The summed E-state index contributed by atoms with van der Waals surface area (Å²) in [5, 5.41) is 17.4. The van der Waals surface area contributed by atoms with Gasteiger partial charge in [0.05, 0.1) is 6.61 Å². The van der Waals surface area contributed by atoms with Gasteiger partial charge in [-0.25, -0.2) is 0 Å². The third kappa shape index (κ3) is 8.38. The van der Waals surface area contributed by atoms with Crippen molar-refractivity contribution in [2.75, 3.05) is 13.2 Å². The summed E-state index contributed by atoms with van der Waals surface area (Å²) in [5.74, 6) is -0.786. The van der Waals surface area contributed by atoms with Crippen molar-refractivity contribution >= 4 is 11.8 Å². The Morgan fingerprint density at radius 3 is 2.56 bits per heavy atom. The van der Waals surface area contributed by atoms with Gasteiger partial charge in [-0.1, -0.05) is 19.8 Å². The summed E-state index contributed by atoms with van der Waals surface area (Å²) < 4.78 is 4.60. The number of rotatable bonds is 9. The Balaban J connectivity index is 3.58. The van der Waals surface area contributed by atoms with Gasteiger partial charge in [-0.3, -0.25) is 9.59 Å². The molecule has 0 spiro atoms. The largest absolute Gasteiger partial charge is 0.463 e. The van der Waals surface area contributed by atoms with Crippen LogP contribution in [0.2, 0.25) is 0 Å². The fourth-order valence-corrected chi connectivity index (χ4v) is 1.11. The number of carbonyl (C=O) groups excluding carboxylic acids is 2. The van der Waals surface area contributed by atoms with Gasteiger partial charge in [-0.15, -0.1) is 0 Å². The quantitative estimate of drug-likeness (QED) is 0.342. The molecule has 0 aromatic carbocycles. The molecule has 5 heteroatoms. The van der Waals surface area contributed by atoms with Crippen molar-refractivity contribution in [1.29, 1.82) is 0 Å². The van der Waals surface area contributed by atoms with Gasteiger partial charge < -0.3 is 14.9 Å². The van der Waals surface area contributed by atoms with E-state index in [1.54, 1.807) is 0 Å². The summed E-state index contributed by atoms with van der Waals surface area (Å²) in [6.45, 7) is 1.31. The number of carbonyl (C=O) groups is 2. The minimum atomic E-state index is -1.07. The fraction of sp³-hybridized carbons (Fsp3) is 0.818. The second-order valence-electron chi connectivity index (χ2n) is 3.69. The van der Waals surface area contributed by atoms with Crippen LogP contribution in [0.1, 0.15) is 39.0 Å². The summed E-state index contributed by atoms with van der Waals surface area (Å²) in [5.41, 5.74) is 0. The maximum atomic E-state index is 11.2. The predicted molar refractivity (Wildman–Crippen MR) is 57.8 cm³/mol. The molecular weight excluding hydrogens is 212 g/mol. The highest BCUT2D eigenvalue weighted by Crippen LogP contribution is 2.02. The van der Waals surface area contributed by atoms with E-state index in [4.69, 9.17) is 10.2 Å². The van der Waals surface area contributed by atoms with E-state index in [2.05, 4.69) is 4.74 Å². The van der Waals surface area contributed by atoms with E-state index in [0.717, 1.165) is 19.3 Å². The highest BCUT2D eigenvalue weighted by Gasteiger charge is 2.12. The fourth-order valence-electron chi connectivity index (χ4n) is 1.11. The van der Waals surface area contributed by atoms with Crippen LogP contribution < -0.4 is 0 Å². The molecule has 2 N–H and O–H groups in total. The van der Waals surface area contributed by atoms with Crippen molar-refractivity contribution < 1.29 is 24.5 Å². The van der Waals surface area contributed by atoms with Crippen LogP contribution >= 0.6 is 0 Å². The van der Waals surface area contributed by atoms with Gasteiger partial charge in [0, 0.05) is 6.42 Å². The van der Waals surface area contributed by atoms with Crippen LogP contribution in [0, 0.1) is 0 Å². The van der Waals surface area contributed by atoms with Crippen molar-refractivity contribution in [1.82, 2.24) is 0 Å². The van der Waals surface area contributed by atoms with Crippen LogP contribution in [-0.2, 0) is 14.3 Å². The van der Waals surface area contributed by atoms with Crippen LogP contribution in [0.3, 0.4) is 0 Å². The Hall–Kier alpha value is -0.940. The zero-order valence-electron chi connectivity index (χ0n) is 9.65. The number of ketones is 1. The topological polar surface area (TPSA) is 83.8 Å². The van der Waals surface area contributed by atoms with E-state index in [9.17, 15) is 9.59 Å². The van der Waals surface area contributed by atoms with Crippen molar-refractivity contribution in [3.05, 3.63) is 0 Å². The van der Waals surface area contributed by atoms with Crippen LogP contribution in [0.4, 0.5) is 0 Å². The molecule has 0 heterocycles. The molecule has 1 unspecified atom stereocenters. The van der Waals surface area contributed by atoms with Crippen LogP contribution in [0.5, 0.6) is 0 Å². The van der Waals surface area contributed by atoms with Gasteiger partial charge in [0.25, 0.3) is 0 Å². The highest BCUT2D eigenvalue weighted by atomic mass is 16.5. The minimum absolute atomic E-state index is 0.142. The molecule has 0 bridgehead atoms. The molecule has 0 rings (SSSR count). The Bertz CT molecular complexity index is 214. The molecule has 0 amide bonds. The summed E-state index contributed by atoms with van der Waals surface area (Å²) in [6, 6.07) is 0. The number of hydrogen-bond acceptors (Lipinski definition) is 5.